The highest BCUT2D eigenvalue weighted by atomic mass is 35.5. The quantitative estimate of drug-likeness (QED) is 0.838. The largest absolute Gasteiger partial charge is 0.340 e. The first-order valence-electron chi connectivity index (χ1n) is 7.91. The van der Waals surface area contributed by atoms with E-state index in [1.807, 2.05) is 13.8 Å². The summed E-state index contributed by atoms with van der Waals surface area (Å²) in [5.74, 6) is -1.32. The number of hydrogen-bond donors (Lipinski definition) is 2. The highest BCUT2D eigenvalue weighted by Gasteiger charge is 2.25. The molecule has 0 aromatic heterocycles. The number of carbonyl (C=O) groups excluding carboxylic acids is 2. The van der Waals surface area contributed by atoms with Crippen LogP contribution in [0.2, 0.25) is 5.02 Å². The van der Waals surface area contributed by atoms with Gasteiger partial charge in [-0.25, -0.2) is 4.39 Å². The van der Waals surface area contributed by atoms with Gasteiger partial charge < -0.3 is 10.6 Å². The van der Waals surface area contributed by atoms with Crippen molar-refractivity contribution in [3.05, 3.63) is 64.4 Å². The monoisotopic (exact) mass is 362 g/mol. The molecule has 0 aliphatic rings. The van der Waals surface area contributed by atoms with Crippen LogP contribution in [0, 0.1) is 18.7 Å². The second-order valence-corrected chi connectivity index (χ2v) is 6.59. The molecule has 4 nitrogen and oxygen atoms in total. The molecule has 0 saturated heterocycles. The van der Waals surface area contributed by atoms with Crippen LogP contribution in [0.25, 0.3) is 0 Å². The van der Waals surface area contributed by atoms with Crippen molar-refractivity contribution in [2.45, 2.75) is 26.8 Å². The van der Waals surface area contributed by atoms with Gasteiger partial charge >= 0.3 is 0 Å². The summed E-state index contributed by atoms with van der Waals surface area (Å²) < 4.78 is 13.6. The van der Waals surface area contributed by atoms with Crippen molar-refractivity contribution in [3.8, 4) is 0 Å². The molecule has 0 heterocycles. The Balaban J connectivity index is 2.11. The lowest BCUT2D eigenvalue weighted by molar-refractivity contribution is -0.118. The Hall–Kier alpha value is -2.40. The lowest BCUT2D eigenvalue weighted by Crippen LogP contribution is -2.47. The third kappa shape index (κ3) is 5.03. The van der Waals surface area contributed by atoms with E-state index in [4.69, 9.17) is 11.6 Å². The number of anilines is 1. The lowest BCUT2D eigenvalue weighted by Gasteiger charge is -2.22. The molecule has 0 spiro atoms. The van der Waals surface area contributed by atoms with Crippen LogP contribution in [0.1, 0.15) is 29.8 Å². The molecule has 2 N–H and O–H groups in total. The fourth-order valence-electron chi connectivity index (χ4n) is 2.25. The Morgan fingerprint density at radius 1 is 1.08 bits per heavy atom. The van der Waals surface area contributed by atoms with Crippen molar-refractivity contribution in [2.24, 2.45) is 5.92 Å². The lowest BCUT2D eigenvalue weighted by atomic mass is 10.0. The molecule has 132 valence electrons. The minimum absolute atomic E-state index is 0.147. The van der Waals surface area contributed by atoms with Gasteiger partial charge in [-0.3, -0.25) is 9.59 Å². The summed E-state index contributed by atoms with van der Waals surface area (Å²) in [5.41, 5.74) is 1.25. The van der Waals surface area contributed by atoms with E-state index in [-0.39, 0.29) is 11.8 Å². The molecular formula is C19H20ClFN2O2. The van der Waals surface area contributed by atoms with Crippen LogP contribution in [0.4, 0.5) is 10.1 Å². The number of carbonyl (C=O) groups is 2. The molecule has 1 atom stereocenters. The van der Waals surface area contributed by atoms with Crippen molar-refractivity contribution >= 4 is 29.1 Å². The molecule has 0 bridgehead atoms. The van der Waals surface area contributed by atoms with Gasteiger partial charge in [0, 0.05) is 16.3 Å². The summed E-state index contributed by atoms with van der Waals surface area (Å²) in [6.45, 7) is 5.29. The Morgan fingerprint density at radius 2 is 1.72 bits per heavy atom. The molecule has 2 amide bonds. The maximum atomic E-state index is 13.6. The van der Waals surface area contributed by atoms with Gasteiger partial charge in [0.05, 0.1) is 0 Å². The van der Waals surface area contributed by atoms with Gasteiger partial charge in [-0.05, 0) is 54.8 Å². The number of halogens is 2. The number of aryl methyl sites for hydroxylation is 1. The molecule has 2 rings (SSSR count). The molecule has 0 fully saturated rings. The number of amides is 2. The third-order valence-electron chi connectivity index (χ3n) is 3.78. The number of benzene rings is 2. The van der Waals surface area contributed by atoms with E-state index in [1.165, 1.54) is 6.07 Å². The van der Waals surface area contributed by atoms with Gasteiger partial charge in [0.15, 0.2) is 0 Å². The second-order valence-electron chi connectivity index (χ2n) is 6.16. The zero-order valence-electron chi connectivity index (χ0n) is 14.3. The van der Waals surface area contributed by atoms with Crippen LogP contribution >= 0.6 is 11.6 Å². The van der Waals surface area contributed by atoms with Gasteiger partial charge in [0.25, 0.3) is 5.91 Å². The Bertz CT molecular complexity index is 775. The Morgan fingerprint density at radius 3 is 2.28 bits per heavy atom. The van der Waals surface area contributed by atoms with E-state index in [9.17, 15) is 14.0 Å². The first-order chi connectivity index (χ1) is 11.8. The van der Waals surface area contributed by atoms with Crippen LogP contribution in [0.5, 0.6) is 0 Å². The van der Waals surface area contributed by atoms with Gasteiger partial charge in [-0.2, -0.15) is 0 Å². The first kappa shape index (κ1) is 18.9. The normalized spacial score (nSPS) is 11.9. The van der Waals surface area contributed by atoms with Gasteiger partial charge in [-0.1, -0.05) is 31.5 Å². The fraction of sp³-hybridized carbons (Fsp3) is 0.263. The molecule has 0 aliphatic carbocycles. The summed E-state index contributed by atoms with van der Waals surface area (Å²) in [4.78, 5) is 24.8. The van der Waals surface area contributed by atoms with Crippen LogP contribution < -0.4 is 10.6 Å². The minimum Gasteiger partial charge on any atom is -0.340 e. The Labute approximate surface area is 151 Å². The standard InChI is InChI=1S/C19H20ClFN2O2/c1-11(2)17(23-18(24)13-5-7-14(20)8-6-13)19(25)22-15-9-4-12(3)16(21)10-15/h4-11,17H,1-3H3,(H,22,25)(H,23,24)/t17-/m0/s1. The molecular weight excluding hydrogens is 343 g/mol. The maximum absolute atomic E-state index is 13.6. The molecule has 2 aromatic rings. The van der Waals surface area contributed by atoms with E-state index in [0.717, 1.165) is 0 Å². The first-order valence-corrected chi connectivity index (χ1v) is 8.29. The zero-order valence-corrected chi connectivity index (χ0v) is 15.0. The molecule has 0 saturated carbocycles. The molecule has 0 radical (unpaired) electrons. The average Bonchev–Trinajstić information content (AvgIpc) is 2.56. The van der Waals surface area contributed by atoms with E-state index in [0.29, 0.717) is 21.8 Å². The SMILES string of the molecule is Cc1ccc(NC(=O)[C@@H](NC(=O)c2ccc(Cl)cc2)C(C)C)cc1F. The average molecular weight is 363 g/mol. The van der Waals surface area contributed by atoms with Crippen molar-refractivity contribution in [1.29, 1.82) is 0 Å². The predicted molar refractivity (Wildman–Crippen MR) is 97.3 cm³/mol. The Kier molecular flexibility index (Phi) is 6.15. The zero-order chi connectivity index (χ0) is 18.6. The van der Waals surface area contributed by atoms with E-state index < -0.39 is 17.8 Å². The summed E-state index contributed by atoms with van der Waals surface area (Å²) in [6.07, 6.45) is 0. The highest BCUT2D eigenvalue weighted by molar-refractivity contribution is 6.30. The molecule has 6 heteroatoms. The van der Waals surface area contributed by atoms with Crippen LogP contribution in [-0.4, -0.2) is 17.9 Å². The van der Waals surface area contributed by atoms with Crippen molar-refractivity contribution in [1.82, 2.24) is 5.32 Å². The van der Waals surface area contributed by atoms with E-state index in [1.54, 1.807) is 43.3 Å². The van der Waals surface area contributed by atoms with Crippen LogP contribution in [0.15, 0.2) is 42.5 Å². The smallest absolute Gasteiger partial charge is 0.251 e. The van der Waals surface area contributed by atoms with Gasteiger partial charge in [-0.15, -0.1) is 0 Å². The van der Waals surface area contributed by atoms with E-state index in [2.05, 4.69) is 10.6 Å². The maximum Gasteiger partial charge on any atom is 0.251 e. The number of hydrogen-bond acceptors (Lipinski definition) is 2. The topological polar surface area (TPSA) is 58.2 Å². The molecule has 2 aromatic carbocycles. The summed E-state index contributed by atoms with van der Waals surface area (Å²) in [7, 11) is 0. The van der Waals surface area contributed by atoms with Crippen molar-refractivity contribution in [3.63, 3.8) is 0 Å². The molecule has 0 unspecified atom stereocenters. The fourth-order valence-corrected chi connectivity index (χ4v) is 2.38. The van der Waals surface area contributed by atoms with Gasteiger partial charge in [0.2, 0.25) is 5.91 Å². The van der Waals surface area contributed by atoms with Crippen molar-refractivity contribution in [2.75, 3.05) is 5.32 Å². The second kappa shape index (κ2) is 8.12. The summed E-state index contributed by atoms with van der Waals surface area (Å²) >= 11 is 5.81. The molecule has 0 aliphatic heterocycles. The number of rotatable bonds is 5. The summed E-state index contributed by atoms with van der Waals surface area (Å²) in [6, 6.07) is 10.1. The minimum atomic E-state index is -0.757. The van der Waals surface area contributed by atoms with Crippen molar-refractivity contribution < 1.29 is 14.0 Å². The number of nitrogens with one attached hydrogen (secondary N) is 2. The highest BCUT2D eigenvalue weighted by Crippen LogP contribution is 2.15. The molecule has 25 heavy (non-hydrogen) atoms. The van der Waals surface area contributed by atoms with Crippen LogP contribution in [0.3, 0.4) is 0 Å². The third-order valence-corrected chi connectivity index (χ3v) is 4.03. The predicted octanol–water partition coefficient (Wildman–Crippen LogP) is 4.18. The van der Waals surface area contributed by atoms with Crippen LogP contribution in [-0.2, 0) is 4.79 Å². The van der Waals surface area contributed by atoms with E-state index >= 15 is 0 Å². The van der Waals surface area contributed by atoms with Gasteiger partial charge in [0.1, 0.15) is 11.9 Å². The summed E-state index contributed by atoms with van der Waals surface area (Å²) in [5, 5.41) is 5.88.